The minimum Gasteiger partial charge on any atom is -0.328 e. The molecule has 84 valence electrons. The predicted molar refractivity (Wildman–Crippen MR) is 62.7 cm³/mol. The van der Waals surface area contributed by atoms with Crippen LogP contribution in [0.15, 0.2) is 0 Å². The lowest BCUT2D eigenvalue weighted by Crippen LogP contribution is -2.30. The van der Waals surface area contributed by atoms with Gasteiger partial charge in [0.25, 0.3) is 0 Å². The molecular formula is C11H23NOS. The normalized spacial score (nSPS) is 25.6. The lowest BCUT2D eigenvalue weighted by molar-refractivity contribution is 0.499. The lowest BCUT2D eigenvalue weighted by Gasteiger charge is -2.25. The molecule has 0 spiro atoms. The smallest absolute Gasteiger partial charge is 0.0350 e. The number of nitrogens with two attached hydrogens (primary N) is 1. The Bertz CT molecular complexity index is 188. The van der Waals surface area contributed by atoms with E-state index < -0.39 is 10.8 Å². The quantitative estimate of drug-likeness (QED) is 0.784. The van der Waals surface area contributed by atoms with E-state index in [1.807, 2.05) is 6.92 Å². The Morgan fingerprint density at radius 2 is 1.86 bits per heavy atom. The first-order chi connectivity index (χ1) is 6.61. The van der Waals surface area contributed by atoms with Gasteiger partial charge in [-0.1, -0.05) is 26.2 Å². The van der Waals surface area contributed by atoms with Crippen LogP contribution in [0.5, 0.6) is 0 Å². The summed E-state index contributed by atoms with van der Waals surface area (Å²) in [6.45, 7) is 4.07. The Morgan fingerprint density at radius 1 is 1.29 bits per heavy atom. The molecule has 0 aromatic heterocycles. The third-order valence-electron chi connectivity index (χ3n) is 2.98. The van der Waals surface area contributed by atoms with Gasteiger partial charge in [0.2, 0.25) is 0 Å². The van der Waals surface area contributed by atoms with Gasteiger partial charge in [0.1, 0.15) is 0 Å². The molecule has 1 saturated carbocycles. The summed E-state index contributed by atoms with van der Waals surface area (Å²) in [4.78, 5) is 0. The van der Waals surface area contributed by atoms with Crippen LogP contribution in [-0.2, 0) is 10.8 Å². The van der Waals surface area contributed by atoms with E-state index in [9.17, 15) is 4.21 Å². The Hall–Kier alpha value is 0.110. The minimum absolute atomic E-state index is 0.178. The summed E-state index contributed by atoms with van der Waals surface area (Å²) in [7, 11) is -0.652. The molecule has 3 heteroatoms. The Morgan fingerprint density at radius 3 is 2.36 bits per heavy atom. The van der Waals surface area contributed by atoms with E-state index in [-0.39, 0.29) is 11.3 Å². The molecule has 3 unspecified atom stereocenters. The van der Waals surface area contributed by atoms with E-state index in [4.69, 9.17) is 5.73 Å². The van der Waals surface area contributed by atoms with Gasteiger partial charge in [-0.2, -0.15) is 0 Å². The summed E-state index contributed by atoms with van der Waals surface area (Å²) in [6, 6.07) is 0.178. The molecule has 2 N–H and O–H groups in total. The van der Waals surface area contributed by atoms with Crippen molar-refractivity contribution in [3.8, 4) is 0 Å². The zero-order valence-corrected chi connectivity index (χ0v) is 10.2. The molecule has 0 aliphatic heterocycles. The number of hydrogen-bond donors (Lipinski definition) is 1. The van der Waals surface area contributed by atoms with E-state index >= 15 is 0 Å². The van der Waals surface area contributed by atoms with Crippen molar-refractivity contribution in [1.29, 1.82) is 0 Å². The lowest BCUT2D eigenvalue weighted by atomic mass is 10.0. The van der Waals surface area contributed by atoms with Gasteiger partial charge in [-0.05, 0) is 26.2 Å². The average molecular weight is 217 g/mol. The fraction of sp³-hybridized carbons (Fsp3) is 1.00. The molecule has 2 nitrogen and oxygen atoms in total. The molecule has 0 aromatic carbocycles. The van der Waals surface area contributed by atoms with Crippen LogP contribution in [-0.4, -0.2) is 20.8 Å². The largest absolute Gasteiger partial charge is 0.328 e. The second-order valence-corrected chi connectivity index (χ2v) is 6.74. The van der Waals surface area contributed by atoms with E-state index in [1.165, 1.54) is 19.3 Å². The molecule has 0 aromatic rings. The van der Waals surface area contributed by atoms with Crippen molar-refractivity contribution in [2.75, 3.05) is 0 Å². The van der Waals surface area contributed by atoms with Crippen molar-refractivity contribution < 1.29 is 4.21 Å². The molecule has 3 atom stereocenters. The van der Waals surface area contributed by atoms with Gasteiger partial charge in [0, 0.05) is 27.3 Å². The number of hydrogen-bond acceptors (Lipinski definition) is 2. The molecule has 0 bridgehead atoms. The summed E-state index contributed by atoms with van der Waals surface area (Å²) >= 11 is 0. The second-order valence-electron chi connectivity index (χ2n) is 4.61. The van der Waals surface area contributed by atoms with Gasteiger partial charge in [0.05, 0.1) is 0 Å². The monoisotopic (exact) mass is 217 g/mol. The van der Waals surface area contributed by atoms with E-state index in [2.05, 4.69) is 6.92 Å². The second kappa shape index (κ2) is 5.86. The Labute approximate surface area is 90.1 Å². The molecule has 1 aliphatic carbocycles. The molecule has 0 heterocycles. The molecule has 1 fully saturated rings. The first-order valence-corrected chi connectivity index (χ1v) is 7.04. The van der Waals surface area contributed by atoms with Crippen molar-refractivity contribution in [1.82, 2.24) is 0 Å². The first kappa shape index (κ1) is 12.2. The van der Waals surface area contributed by atoms with Crippen molar-refractivity contribution in [3.05, 3.63) is 0 Å². The summed E-state index contributed by atoms with van der Waals surface area (Å²) in [5.41, 5.74) is 5.73. The maximum atomic E-state index is 12.1. The van der Waals surface area contributed by atoms with Crippen LogP contribution in [0.2, 0.25) is 0 Å². The SMILES string of the molecule is CC(N)CC(C)S(=O)C1CCCCC1. The average Bonchev–Trinajstić information content (AvgIpc) is 2.17. The van der Waals surface area contributed by atoms with Gasteiger partial charge < -0.3 is 5.73 Å². The van der Waals surface area contributed by atoms with E-state index in [1.54, 1.807) is 0 Å². The molecule has 14 heavy (non-hydrogen) atoms. The van der Waals surface area contributed by atoms with Gasteiger partial charge in [0.15, 0.2) is 0 Å². The predicted octanol–water partition coefficient (Wildman–Crippen LogP) is 2.19. The summed E-state index contributed by atoms with van der Waals surface area (Å²) in [6.07, 6.45) is 7.08. The van der Waals surface area contributed by atoms with Crippen LogP contribution in [0.3, 0.4) is 0 Å². The fourth-order valence-electron chi connectivity index (χ4n) is 2.24. The first-order valence-electron chi connectivity index (χ1n) is 5.76. The van der Waals surface area contributed by atoms with Crippen molar-refractivity contribution in [3.63, 3.8) is 0 Å². The molecule has 1 aliphatic rings. The van der Waals surface area contributed by atoms with E-state index in [0.717, 1.165) is 19.3 Å². The summed E-state index contributed by atoms with van der Waals surface area (Å²) < 4.78 is 12.1. The van der Waals surface area contributed by atoms with Crippen LogP contribution in [0.25, 0.3) is 0 Å². The molecular weight excluding hydrogens is 194 g/mol. The van der Waals surface area contributed by atoms with Gasteiger partial charge in [-0.3, -0.25) is 4.21 Å². The molecule has 0 saturated heterocycles. The highest BCUT2D eigenvalue weighted by Gasteiger charge is 2.24. The van der Waals surface area contributed by atoms with Crippen LogP contribution in [0.4, 0.5) is 0 Å². The summed E-state index contributed by atoms with van der Waals surface area (Å²) in [5.74, 6) is 0. The fourth-order valence-corrected chi connectivity index (χ4v) is 4.19. The van der Waals surface area contributed by atoms with Crippen LogP contribution >= 0.6 is 0 Å². The molecule has 1 rings (SSSR count). The Kier molecular flexibility index (Phi) is 5.10. The van der Waals surface area contributed by atoms with Crippen LogP contribution in [0.1, 0.15) is 52.4 Å². The van der Waals surface area contributed by atoms with Gasteiger partial charge in [-0.15, -0.1) is 0 Å². The topological polar surface area (TPSA) is 43.1 Å². The number of rotatable bonds is 4. The Balaban J connectivity index is 2.38. The minimum atomic E-state index is -0.652. The molecule has 0 radical (unpaired) electrons. The maximum absolute atomic E-state index is 12.1. The standard InChI is InChI=1S/C11H23NOS/c1-9(12)8-10(2)14(13)11-6-4-3-5-7-11/h9-11H,3-8,12H2,1-2H3. The van der Waals surface area contributed by atoms with Crippen LogP contribution < -0.4 is 5.73 Å². The maximum Gasteiger partial charge on any atom is 0.0350 e. The summed E-state index contributed by atoms with van der Waals surface area (Å²) in [5, 5.41) is 0.732. The molecule has 0 amide bonds. The van der Waals surface area contributed by atoms with E-state index in [0.29, 0.717) is 5.25 Å². The van der Waals surface area contributed by atoms with Gasteiger partial charge in [-0.25, -0.2) is 0 Å². The zero-order valence-electron chi connectivity index (χ0n) is 9.37. The zero-order chi connectivity index (χ0) is 10.6. The van der Waals surface area contributed by atoms with Crippen molar-refractivity contribution in [2.45, 2.75) is 68.9 Å². The highest BCUT2D eigenvalue weighted by atomic mass is 32.2. The van der Waals surface area contributed by atoms with Crippen LogP contribution in [0, 0.1) is 0 Å². The van der Waals surface area contributed by atoms with Crippen molar-refractivity contribution >= 4 is 10.8 Å². The highest BCUT2D eigenvalue weighted by Crippen LogP contribution is 2.24. The highest BCUT2D eigenvalue weighted by molar-refractivity contribution is 7.86. The third-order valence-corrected chi connectivity index (χ3v) is 5.10. The third kappa shape index (κ3) is 3.70. The van der Waals surface area contributed by atoms with Crippen molar-refractivity contribution in [2.24, 2.45) is 5.73 Å². The van der Waals surface area contributed by atoms with Gasteiger partial charge >= 0.3 is 0 Å².